The Labute approximate surface area is 97.6 Å². The van der Waals surface area contributed by atoms with E-state index in [4.69, 9.17) is 0 Å². The van der Waals surface area contributed by atoms with E-state index < -0.39 is 0 Å². The monoisotopic (exact) mass is 223 g/mol. The molecule has 3 aromatic rings. The lowest BCUT2D eigenvalue weighted by molar-refractivity contribution is 1.05. The summed E-state index contributed by atoms with van der Waals surface area (Å²) in [6.45, 7) is 0. The molecule has 0 spiro atoms. The summed E-state index contributed by atoms with van der Waals surface area (Å²) in [6, 6.07) is 11.8. The van der Waals surface area contributed by atoms with Gasteiger partial charge in [0.15, 0.2) is 0 Å². The van der Waals surface area contributed by atoms with Gasteiger partial charge in [-0.1, -0.05) is 18.2 Å². The minimum atomic E-state index is 0.489. The molecule has 0 atom stereocenters. The molecule has 82 valence electrons. The SMILES string of the molecule is c1ccc2nc(Nc3ncncn3)ccc2c1. The molecular weight excluding hydrogens is 214 g/mol. The summed E-state index contributed by atoms with van der Waals surface area (Å²) in [5, 5.41) is 4.13. The van der Waals surface area contributed by atoms with Gasteiger partial charge in [-0.05, 0) is 18.2 Å². The molecule has 2 aromatic heterocycles. The van der Waals surface area contributed by atoms with Crippen LogP contribution in [0.3, 0.4) is 0 Å². The Morgan fingerprint density at radius 2 is 1.71 bits per heavy atom. The highest BCUT2D eigenvalue weighted by Crippen LogP contribution is 2.16. The maximum absolute atomic E-state index is 4.46. The van der Waals surface area contributed by atoms with Crippen LogP contribution in [0.25, 0.3) is 10.9 Å². The van der Waals surface area contributed by atoms with Crippen molar-refractivity contribution in [2.45, 2.75) is 0 Å². The predicted molar refractivity (Wildman–Crippen MR) is 64.9 cm³/mol. The molecule has 0 saturated heterocycles. The molecule has 17 heavy (non-hydrogen) atoms. The summed E-state index contributed by atoms with van der Waals surface area (Å²) in [6.07, 6.45) is 2.88. The average Bonchev–Trinajstić information content (AvgIpc) is 2.40. The van der Waals surface area contributed by atoms with Crippen molar-refractivity contribution in [2.24, 2.45) is 0 Å². The summed E-state index contributed by atoms with van der Waals surface area (Å²) >= 11 is 0. The van der Waals surface area contributed by atoms with E-state index in [1.165, 1.54) is 12.7 Å². The first-order chi connectivity index (χ1) is 8.42. The molecule has 0 radical (unpaired) electrons. The normalized spacial score (nSPS) is 10.4. The largest absolute Gasteiger partial charge is 0.309 e. The smallest absolute Gasteiger partial charge is 0.231 e. The topological polar surface area (TPSA) is 63.6 Å². The van der Waals surface area contributed by atoms with Crippen molar-refractivity contribution in [2.75, 3.05) is 5.32 Å². The molecule has 0 aliphatic carbocycles. The number of benzene rings is 1. The molecule has 0 aliphatic heterocycles. The van der Waals surface area contributed by atoms with Crippen LogP contribution in [-0.4, -0.2) is 19.9 Å². The van der Waals surface area contributed by atoms with Crippen molar-refractivity contribution in [1.82, 2.24) is 19.9 Å². The Bertz CT molecular complexity index is 638. The third-order valence-electron chi connectivity index (χ3n) is 2.33. The quantitative estimate of drug-likeness (QED) is 0.721. The number of aromatic nitrogens is 4. The number of hydrogen-bond donors (Lipinski definition) is 1. The van der Waals surface area contributed by atoms with Crippen molar-refractivity contribution >= 4 is 22.7 Å². The molecule has 0 unspecified atom stereocenters. The average molecular weight is 223 g/mol. The van der Waals surface area contributed by atoms with E-state index in [1.54, 1.807) is 0 Å². The van der Waals surface area contributed by atoms with Gasteiger partial charge in [0, 0.05) is 5.39 Å². The number of hydrogen-bond acceptors (Lipinski definition) is 5. The molecule has 0 fully saturated rings. The molecule has 2 heterocycles. The van der Waals surface area contributed by atoms with Gasteiger partial charge in [-0.3, -0.25) is 0 Å². The second-order valence-electron chi connectivity index (χ2n) is 3.48. The van der Waals surface area contributed by atoms with Gasteiger partial charge >= 0.3 is 0 Å². The fourth-order valence-electron chi connectivity index (χ4n) is 1.55. The Hall–Kier alpha value is -2.56. The van der Waals surface area contributed by atoms with Crippen molar-refractivity contribution in [3.63, 3.8) is 0 Å². The predicted octanol–water partition coefficient (Wildman–Crippen LogP) is 2.16. The molecular formula is C12H9N5. The van der Waals surface area contributed by atoms with Crippen molar-refractivity contribution < 1.29 is 0 Å². The standard InChI is InChI=1S/C12H9N5/c1-2-4-10-9(3-1)5-6-11(16-10)17-12-14-7-13-8-15-12/h1-8H,(H,13,14,15,16,17). The first kappa shape index (κ1) is 9.65. The molecule has 0 amide bonds. The molecule has 0 aliphatic rings. The molecule has 3 rings (SSSR count). The lowest BCUT2D eigenvalue weighted by Crippen LogP contribution is -1.98. The summed E-state index contributed by atoms with van der Waals surface area (Å²) in [4.78, 5) is 16.2. The van der Waals surface area contributed by atoms with Gasteiger partial charge in [0.25, 0.3) is 0 Å². The minimum absolute atomic E-state index is 0.489. The molecule has 1 N–H and O–H groups in total. The highest BCUT2D eigenvalue weighted by Gasteiger charge is 1.99. The van der Waals surface area contributed by atoms with Gasteiger partial charge in [0.05, 0.1) is 5.52 Å². The van der Waals surface area contributed by atoms with Gasteiger partial charge in [0.2, 0.25) is 5.95 Å². The first-order valence-corrected chi connectivity index (χ1v) is 5.17. The maximum atomic E-state index is 4.46. The van der Waals surface area contributed by atoms with Crippen molar-refractivity contribution in [1.29, 1.82) is 0 Å². The zero-order valence-electron chi connectivity index (χ0n) is 8.91. The number of fused-ring (bicyclic) bond motifs is 1. The van der Waals surface area contributed by atoms with Crippen LogP contribution in [0.1, 0.15) is 0 Å². The van der Waals surface area contributed by atoms with Crippen LogP contribution in [0.2, 0.25) is 0 Å². The summed E-state index contributed by atoms with van der Waals surface area (Å²) in [7, 11) is 0. The number of nitrogens with one attached hydrogen (secondary N) is 1. The van der Waals surface area contributed by atoms with Crippen LogP contribution >= 0.6 is 0 Å². The van der Waals surface area contributed by atoms with Crippen LogP contribution in [0.4, 0.5) is 11.8 Å². The van der Waals surface area contributed by atoms with E-state index in [1.807, 2.05) is 36.4 Å². The van der Waals surface area contributed by atoms with Gasteiger partial charge in [-0.15, -0.1) is 0 Å². The number of rotatable bonds is 2. The third kappa shape index (κ3) is 2.03. The fraction of sp³-hybridized carbons (Fsp3) is 0. The first-order valence-electron chi connectivity index (χ1n) is 5.17. The van der Waals surface area contributed by atoms with Crippen LogP contribution in [0, 0.1) is 0 Å². The van der Waals surface area contributed by atoms with Gasteiger partial charge < -0.3 is 5.32 Å². The number of para-hydroxylation sites is 1. The van der Waals surface area contributed by atoms with Crippen LogP contribution in [-0.2, 0) is 0 Å². The van der Waals surface area contributed by atoms with Crippen LogP contribution < -0.4 is 5.32 Å². The van der Waals surface area contributed by atoms with E-state index in [0.29, 0.717) is 5.95 Å². The Morgan fingerprint density at radius 3 is 2.59 bits per heavy atom. The maximum Gasteiger partial charge on any atom is 0.231 e. The van der Waals surface area contributed by atoms with Crippen molar-refractivity contribution in [3.05, 3.63) is 49.1 Å². The van der Waals surface area contributed by atoms with E-state index in [-0.39, 0.29) is 0 Å². The molecule has 5 nitrogen and oxygen atoms in total. The zero-order chi connectivity index (χ0) is 11.5. The second kappa shape index (κ2) is 4.13. The number of anilines is 2. The molecule has 5 heteroatoms. The summed E-state index contributed by atoms with van der Waals surface area (Å²) < 4.78 is 0. The lowest BCUT2D eigenvalue weighted by atomic mass is 10.2. The Balaban J connectivity index is 1.96. The lowest BCUT2D eigenvalue weighted by Gasteiger charge is -2.04. The molecule has 0 saturated carbocycles. The number of pyridine rings is 1. The van der Waals surface area contributed by atoms with E-state index in [9.17, 15) is 0 Å². The van der Waals surface area contributed by atoms with Gasteiger partial charge in [-0.2, -0.15) is 0 Å². The van der Waals surface area contributed by atoms with Gasteiger partial charge in [-0.25, -0.2) is 19.9 Å². The summed E-state index contributed by atoms with van der Waals surface area (Å²) in [5.74, 6) is 1.21. The van der Waals surface area contributed by atoms with E-state index in [0.717, 1.165) is 16.7 Å². The van der Waals surface area contributed by atoms with Gasteiger partial charge in [0.1, 0.15) is 18.5 Å². The third-order valence-corrected chi connectivity index (χ3v) is 2.33. The van der Waals surface area contributed by atoms with E-state index in [2.05, 4.69) is 25.3 Å². The summed E-state index contributed by atoms with van der Waals surface area (Å²) in [5.41, 5.74) is 0.937. The highest BCUT2D eigenvalue weighted by atomic mass is 15.2. The van der Waals surface area contributed by atoms with E-state index >= 15 is 0 Å². The fourth-order valence-corrected chi connectivity index (χ4v) is 1.55. The Morgan fingerprint density at radius 1 is 0.882 bits per heavy atom. The molecule has 0 bridgehead atoms. The van der Waals surface area contributed by atoms with Crippen molar-refractivity contribution in [3.8, 4) is 0 Å². The minimum Gasteiger partial charge on any atom is -0.309 e. The molecule has 1 aromatic carbocycles. The van der Waals surface area contributed by atoms with Crippen LogP contribution in [0.15, 0.2) is 49.1 Å². The number of nitrogens with zero attached hydrogens (tertiary/aromatic N) is 4. The Kier molecular flexibility index (Phi) is 2.34. The second-order valence-corrected chi connectivity index (χ2v) is 3.48. The zero-order valence-corrected chi connectivity index (χ0v) is 8.91. The van der Waals surface area contributed by atoms with Crippen LogP contribution in [0.5, 0.6) is 0 Å². The highest BCUT2D eigenvalue weighted by molar-refractivity contribution is 5.80.